The van der Waals surface area contributed by atoms with Crippen molar-refractivity contribution in [2.75, 3.05) is 4.72 Å². The summed E-state index contributed by atoms with van der Waals surface area (Å²) in [5.41, 5.74) is 0.668. The van der Waals surface area contributed by atoms with E-state index >= 15 is 0 Å². The third kappa shape index (κ3) is 4.88. The van der Waals surface area contributed by atoms with Gasteiger partial charge in [-0.15, -0.1) is 10.2 Å². The molecule has 0 atom stereocenters. The molecule has 2 aromatic heterocycles. The van der Waals surface area contributed by atoms with Gasteiger partial charge in [-0.2, -0.15) is 5.21 Å². The second kappa shape index (κ2) is 8.67. The second-order valence-electron chi connectivity index (χ2n) is 6.05. The first-order valence-electron chi connectivity index (χ1n) is 8.47. The molecule has 0 unspecified atom stereocenters. The molecule has 4 rings (SSSR count). The Kier molecular flexibility index (Phi) is 5.96. The summed E-state index contributed by atoms with van der Waals surface area (Å²) in [5.74, 6) is 0.723. The van der Waals surface area contributed by atoms with Crippen LogP contribution in [0.15, 0.2) is 59.6 Å². The number of ether oxygens (including phenoxy) is 1. The van der Waals surface area contributed by atoms with Crippen molar-refractivity contribution in [3.63, 3.8) is 0 Å². The Bertz CT molecular complexity index is 1350. The number of pyridine rings is 1. The van der Waals surface area contributed by atoms with Gasteiger partial charge in [0.2, 0.25) is 11.7 Å². The summed E-state index contributed by atoms with van der Waals surface area (Å²) >= 11 is 17.8. The minimum absolute atomic E-state index is 0.0155. The van der Waals surface area contributed by atoms with Crippen molar-refractivity contribution in [3.05, 3.63) is 69.8 Å². The molecule has 0 aliphatic heterocycles. The number of tetrazole rings is 1. The molecule has 0 amide bonds. The summed E-state index contributed by atoms with van der Waals surface area (Å²) in [6.07, 6.45) is 1.33. The van der Waals surface area contributed by atoms with Crippen LogP contribution in [0.1, 0.15) is 0 Å². The number of benzene rings is 2. The average Bonchev–Trinajstić information content (AvgIpc) is 3.27. The maximum Gasteiger partial charge on any atom is 0.262 e. The molecule has 4 aromatic rings. The highest BCUT2D eigenvalue weighted by molar-refractivity contribution is 7.92. The molecular formula is C18H11Cl3N6O3S. The Morgan fingerprint density at radius 3 is 2.58 bits per heavy atom. The van der Waals surface area contributed by atoms with E-state index in [0.717, 1.165) is 0 Å². The fourth-order valence-electron chi connectivity index (χ4n) is 2.52. The van der Waals surface area contributed by atoms with Gasteiger partial charge in [0.25, 0.3) is 10.0 Å². The first-order chi connectivity index (χ1) is 14.8. The standard InChI is InChI=1S/C18H11Cl3N6O3S/c19-11-7-16(25-31(28,29)13-4-5-14(20)15(21)8-13)18(22-9-11)30-12-3-1-2-10(6-12)17-23-26-27-24-17/h1-9,25H,(H,23,24,26,27). The zero-order valence-corrected chi connectivity index (χ0v) is 18.3. The van der Waals surface area contributed by atoms with E-state index in [1.54, 1.807) is 24.3 Å². The molecule has 2 N–H and O–H groups in total. The topological polar surface area (TPSA) is 123 Å². The van der Waals surface area contributed by atoms with E-state index in [1.807, 2.05) is 0 Å². The number of nitrogens with one attached hydrogen (secondary N) is 2. The predicted molar refractivity (Wildman–Crippen MR) is 116 cm³/mol. The molecule has 2 aromatic carbocycles. The van der Waals surface area contributed by atoms with Crippen molar-refractivity contribution in [3.8, 4) is 23.0 Å². The van der Waals surface area contributed by atoms with Crippen molar-refractivity contribution < 1.29 is 13.2 Å². The normalized spacial score (nSPS) is 11.3. The van der Waals surface area contributed by atoms with Crippen LogP contribution in [0, 0.1) is 0 Å². The minimum Gasteiger partial charge on any atom is -0.437 e. The Morgan fingerprint density at radius 2 is 1.84 bits per heavy atom. The molecule has 158 valence electrons. The Labute approximate surface area is 191 Å². The molecule has 0 fully saturated rings. The van der Waals surface area contributed by atoms with E-state index in [1.165, 1.54) is 30.5 Å². The van der Waals surface area contributed by atoms with Crippen molar-refractivity contribution in [2.45, 2.75) is 4.90 Å². The van der Waals surface area contributed by atoms with Gasteiger partial charge in [0.1, 0.15) is 11.4 Å². The molecule has 31 heavy (non-hydrogen) atoms. The fraction of sp³-hybridized carbons (Fsp3) is 0. The Balaban J connectivity index is 1.65. The lowest BCUT2D eigenvalue weighted by atomic mass is 10.2. The highest BCUT2D eigenvalue weighted by Crippen LogP contribution is 2.33. The summed E-state index contributed by atoms with van der Waals surface area (Å²) in [7, 11) is -4.03. The molecule has 9 nitrogen and oxygen atoms in total. The summed E-state index contributed by atoms with van der Waals surface area (Å²) in [4.78, 5) is 4.01. The fourth-order valence-corrected chi connectivity index (χ4v) is 4.12. The van der Waals surface area contributed by atoms with Crippen LogP contribution in [0.2, 0.25) is 15.1 Å². The number of H-pyrrole nitrogens is 1. The van der Waals surface area contributed by atoms with Crippen LogP contribution in [-0.2, 0) is 10.0 Å². The van der Waals surface area contributed by atoms with Gasteiger partial charge in [-0.1, -0.05) is 46.9 Å². The smallest absolute Gasteiger partial charge is 0.262 e. The van der Waals surface area contributed by atoms with E-state index in [2.05, 4.69) is 30.3 Å². The van der Waals surface area contributed by atoms with Crippen molar-refractivity contribution in [1.29, 1.82) is 0 Å². The monoisotopic (exact) mass is 496 g/mol. The van der Waals surface area contributed by atoms with Crippen molar-refractivity contribution >= 4 is 50.5 Å². The maximum absolute atomic E-state index is 12.8. The van der Waals surface area contributed by atoms with Crippen molar-refractivity contribution in [1.82, 2.24) is 25.6 Å². The van der Waals surface area contributed by atoms with Gasteiger partial charge in [0.15, 0.2) is 0 Å². The summed E-state index contributed by atoms with van der Waals surface area (Å²) in [5, 5.41) is 14.3. The molecule has 0 radical (unpaired) electrons. The molecule has 0 bridgehead atoms. The van der Waals surface area contributed by atoms with E-state index in [0.29, 0.717) is 17.1 Å². The number of nitrogens with zero attached hydrogens (tertiary/aromatic N) is 4. The van der Waals surface area contributed by atoms with E-state index in [4.69, 9.17) is 39.5 Å². The van der Waals surface area contributed by atoms with Crippen LogP contribution in [-0.4, -0.2) is 34.0 Å². The van der Waals surface area contributed by atoms with Crippen molar-refractivity contribution in [2.24, 2.45) is 0 Å². The van der Waals surface area contributed by atoms with E-state index < -0.39 is 10.0 Å². The molecule has 0 saturated heterocycles. The number of halogens is 3. The lowest BCUT2D eigenvalue weighted by Gasteiger charge is -2.13. The molecule has 0 aliphatic rings. The Morgan fingerprint density at radius 1 is 1.00 bits per heavy atom. The van der Waals surface area contributed by atoms with Crippen LogP contribution < -0.4 is 9.46 Å². The SMILES string of the molecule is O=S(=O)(Nc1cc(Cl)cnc1Oc1cccc(-c2nn[nH]n2)c1)c1ccc(Cl)c(Cl)c1. The van der Waals surface area contributed by atoms with Crippen LogP contribution in [0.25, 0.3) is 11.4 Å². The quantitative estimate of drug-likeness (QED) is 0.391. The summed E-state index contributed by atoms with van der Waals surface area (Å²) < 4.78 is 33.9. The molecule has 0 saturated carbocycles. The van der Waals surface area contributed by atoms with E-state index in [9.17, 15) is 8.42 Å². The third-order valence-corrected chi connectivity index (χ3v) is 6.22. The van der Waals surface area contributed by atoms with Gasteiger partial charge >= 0.3 is 0 Å². The van der Waals surface area contributed by atoms with Gasteiger partial charge in [-0.05, 0) is 41.6 Å². The molecular weight excluding hydrogens is 487 g/mol. The molecule has 13 heteroatoms. The summed E-state index contributed by atoms with van der Waals surface area (Å²) in [6.45, 7) is 0. The van der Waals surface area contributed by atoms with Gasteiger partial charge < -0.3 is 4.74 Å². The largest absolute Gasteiger partial charge is 0.437 e. The molecule has 2 heterocycles. The highest BCUT2D eigenvalue weighted by Gasteiger charge is 2.20. The number of aromatic nitrogens is 5. The predicted octanol–water partition coefficient (Wildman–Crippen LogP) is 4.82. The first kappa shape index (κ1) is 21.3. The summed E-state index contributed by atoms with van der Waals surface area (Å²) in [6, 6.07) is 12.1. The zero-order valence-electron chi connectivity index (χ0n) is 15.3. The second-order valence-corrected chi connectivity index (χ2v) is 8.99. The number of hydrogen-bond acceptors (Lipinski definition) is 7. The number of anilines is 1. The Hall–Kier alpha value is -2.92. The lowest BCUT2D eigenvalue weighted by molar-refractivity contribution is 0.465. The minimum atomic E-state index is -4.03. The van der Waals surface area contributed by atoms with Gasteiger partial charge in [-0.3, -0.25) is 4.72 Å². The van der Waals surface area contributed by atoms with E-state index in [-0.39, 0.29) is 31.5 Å². The molecule has 0 spiro atoms. The number of rotatable bonds is 6. The zero-order chi connectivity index (χ0) is 22.0. The van der Waals surface area contributed by atoms with Crippen LogP contribution in [0.5, 0.6) is 11.6 Å². The van der Waals surface area contributed by atoms with Crippen LogP contribution >= 0.6 is 34.8 Å². The average molecular weight is 498 g/mol. The lowest BCUT2D eigenvalue weighted by Crippen LogP contribution is -2.14. The number of hydrogen-bond donors (Lipinski definition) is 2. The van der Waals surface area contributed by atoms with Gasteiger partial charge in [-0.25, -0.2) is 13.4 Å². The third-order valence-electron chi connectivity index (χ3n) is 3.92. The van der Waals surface area contributed by atoms with Gasteiger partial charge in [0, 0.05) is 11.8 Å². The van der Waals surface area contributed by atoms with Crippen LogP contribution in [0.3, 0.4) is 0 Å². The molecule has 0 aliphatic carbocycles. The number of aromatic amines is 1. The highest BCUT2D eigenvalue weighted by atomic mass is 35.5. The number of sulfonamides is 1. The first-order valence-corrected chi connectivity index (χ1v) is 11.1. The van der Waals surface area contributed by atoms with Crippen LogP contribution in [0.4, 0.5) is 5.69 Å². The maximum atomic E-state index is 12.8. The van der Waals surface area contributed by atoms with Gasteiger partial charge in [0.05, 0.1) is 20.0 Å².